The van der Waals surface area contributed by atoms with Crippen molar-refractivity contribution in [1.82, 2.24) is 10.3 Å². The Kier molecular flexibility index (Phi) is 8.06. The molecule has 1 heterocycles. The van der Waals surface area contributed by atoms with E-state index in [1.165, 1.54) is 18.5 Å². The molecular formula is C22H14Cl3F7N5O+. The van der Waals surface area contributed by atoms with Gasteiger partial charge in [-0.3, -0.25) is 10.1 Å². The zero-order valence-corrected chi connectivity index (χ0v) is 20.8. The van der Waals surface area contributed by atoms with E-state index in [1.807, 2.05) is 6.07 Å². The first-order chi connectivity index (χ1) is 17.5. The van der Waals surface area contributed by atoms with E-state index in [0.29, 0.717) is 12.8 Å². The molecule has 0 unspecified atom stereocenters. The number of alkyl halides is 7. The highest BCUT2D eigenvalue weighted by atomic mass is 35.5. The number of benzene rings is 1. The summed E-state index contributed by atoms with van der Waals surface area (Å²) in [5.41, 5.74) is -8.76. The Balaban J connectivity index is 1.95. The van der Waals surface area contributed by atoms with E-state index < -0.39 is 45.1 Å². The number of carbonyl (C=O) groups excluding carboxylic acids is 1. The molecule has 16 heteroatoms. The standard InChI is InChI=1S/C22H13Cl3F7N5O/c23-14-4-12(20(26,21(27,28)29)22(30,31)32)5-15(24)16(14)35-8-11(6-33)10-3-13(17(25)36-7-10)18(38)37-19(9-34)1-2-19/h3-8,33,35H,1-2H2,(H,37,38)/p+1. The minimum Gasteiger partial charge on any atom is -0.334 e. The zero-order valence-electron chi connectivity index (χ0n) is 18.5. The third-order valence-corrected chi connectivity index (χ3v) is 6.50. The largest absolute Gasteiger partial charge is 0.435 e. The minimum atomic E-state index is -6.35. The van der Waals surface area contributed by atoms with E-state index >= 15 is 0 Å². The summed E-state index contributed by atoms with van der Waals surface area (Å²) in [6.45, 7) is 0. The number of nitrogens with one attached hydrogen (secondary N) is 2. The number of halogens is 10. The van der Waals surface area contributed by atoms with Crippen LogP contribution in [0.4, 0.5) is 36.4 Å². The number of carbonyl (C=O) groups is 1. The Morgan fingerprint density at radius 2 is 1.63 bits per heavy atom. The van der Waals surface area contributed by atoms with Gasteiger partial charge in [0.05, 0.1) is 17.2 Å². The fourth-order valence-corrected chi connectivity index (χ4v) is 4.07. The molecule has 1 aromatic carbocycles. The topological polar surface area (TPSA) is 106 Å². The van der Waals surface area contributed by atoms with Gasteiger partial charge in [-0.2, -0.15) is 31.6 Å². The van der Waals surface area contributed by atoms with Crippen LogP contribution in [0.3, 0.4) is 0 Å². The summed E-state index contributed by atoms with van der Waals surface area (Å²) in [6.07, 6.45) is -8.63. The van der Waals surface area contributed by atoms with Gasteiger partial charge >= 0.3 is 18.0 Å². The molecule has 3 rings (SSSR count). The molecule has 0 radical (unpaired) electrons. The highest BCUT2D eigenvalue weighted by Crippen LogP contribution is 2.54. The van der Waals surface area contributed by atoms with Crippen LogP contribution in [0, 0.1) is 16.7 Å². The number of nitrogens with zero attached hydrogens (tertiary/aromatic N) is 2. The van der Waals surface area contributed by atoms with Crippen LogP contribution in [-0.4, -0.2) is 35.0 Å². The van der Waals surface area contributed by atoms with Crippen molar-refractivity contribution in [2.24, 2.45) is 0 Å². The monoisotopic (exact) mass is 602 g/mol. The van der Waals surface area contributed by atoms with E-state index in [2.05, 4.69) is 10.3 Å². The molecular weight excluding hydrogens is 590 g/mol. The lowest BCUT2D eigenvalue weighted by Crippen LogP contribution is -2.71. The van der Waals surface area contributed by atoms with Crippen LogP contribution in [0.15, 0.2) is 30.6 Å². The van der Waals surface area contributed by atoms with Crippen LogP contribution in [0.25, 0.3) is 5.57 Å². The number of nitriles is 1. The third kappa shape index (κ3) is 5.58. The van der Waals surface area contributed by atoms with Crippen LogP contribution in [-0.2, 0) is 5.67 Å². The predicted molar refractivity (Wildman–Crippen MR) is 124 cm³/mol. The van der Waals surface area contributed by atoms with Crippen molar-refractivity contribution in [3.63, 3.8) is 0 Å². The smallest absolute Gasteiger partial charge is 0.334 e. The summed E-state index contributed by atoms with van der Waals surface area (Å²) in [7, 11) is 0. The SMILES string of the molecule is N#CC1(NC(=O)c2cc(C(C=N)=C[NH2+]c3c(Cl)cc(C(F)(C(F)(F)F)C(F)(F)F)cc3Cl)cnc2Cl)CC1. The Bertz CT molecular complexity index is 1330. The van der Waals surface area contributed by atoms with Crippen molar-refractivity contribution in [2.75, 3.05) is 0 Å². The molecule has 0 saturated heterocycles. The van der Waals surface area contributed by atoms with Crippen LogP contribution >= 0.6 is 34.8 Å². The second-order valence-electron chi connectivity index (χ2n) is 8.15. The van der Waals surface area contributed by atoms with E-state index in [1.54, 1.807) is 0 Å². The molecule has 202 valence electrons. The van der Waals surface area contributed by atoms with Crippen LogP contribution < -0.4 is 10.6 Å². The lowest BCUT2D eigenvalue weighted by molar-refractivity contribution is -0.495. The number of hydrogen-bond acceptors (Lipinski definition) is 4. The molecule has 38 heavy (non-hydrogen) atoms. The van der Waals surface area contributed by atoms with Gasteiger partial charge in [-0.15, -0.1) is 0 Å². The first-order valence-electron chi connectivity index (χ1n) is 10.3. The molecule has 1 amide bonds. The molecule has 0 spiro atoms. The van der Waals surface area contributed by atoms with Crippen molar-refractivity contribution >= 4 is 58.2 Å². The van der Waals surface area contributed by atoms with E-state index in [4.69, 9.17) is 45.5 Å². The lowest BCUT2D eigenvalue weighted by atomic mass is 9.94. The number of pyridine rings is 1. The fourth-order valence-electron chi connectivity index (χ4n) is 3.27. The lowest BCUT2D eigenvalue weighted by Gasteiger charge is -2.30. The Morgan fingerprint density at radius 3 is 2.08 bits per heavy atom. The average molecular weight is 604 g/mol. The van der Waals surface area contributed by atoms with Crippen LogP contribution in [0.5, 0.6) is 0 Å². The van der Waals surface area contributed by atoms with Crippen molar-refractivity contribution in [1.29, 1.82) is 10.7 Å². The normalized spacial score (nSPS) is 15.6. The van der Waals surface area contributed by atoms with Gasteiger partial charge < -0.3 is 10.7 Å². The number of aromatic nitrogens is 1. The van der Waals surface area contributed by atoms with Gasteiger partial charge in [0.2, 0.25) is 0 Å². The third-order valence-electron chi connectivity index (χ3n) is 5.58. The quantitative estimate of drug-likeness (QED) is 0.156. The Morgan fingerprint density at radius 1 is 1.08 bits per heavy atom. The molecule has 1 saturated carbocycles. The fraction of sp³-hybridized carbons (Fsp3) is 0.273. The Labute approximate surface area is 224 Å². The predicted octanol–water partition coefficient (Wildman–Crippen LogP) is 6.00. The summed E-state index contributed by atoms with van der Waals surface area (Å²) in [4.78, 5) is 16.4. The first-order valence-corrected chi connectivity index (χ1v) is 11.4. The van der Waals surface area contributed by atoms with Gasteiger partial charge in [-0.25, -0.2) is 9.37 Å². The molecule has 1 fully saturated rings. The average Bonchev–Trinajstić information content (AvgIpc) is 3.59. The maximum Gasteiger partial charge on any atom is 0.435 e. The number of quaternary nitrogens is 1. The molecule has 1 aromatic heterocycles. The summed E-state index contributed by atoms with van der Waals surface area (Å²) in [6, 6.07) is 3.56. The van der Waals surface area contributed by atoms with Gasteiger partial charge in [-0.05, 0) is 31.0 Å². The van der Waals surface area contributed by atoms with Crippen molar-refractivity contribution in [2.45, 2.75) is 36.4 Å². The highest BCUT2D eigenvalue weighted by Gasteiger charge is 2.73. The summed E-state index contributed by atoms with van der Waals surface area (Å²) < 4.78 is 92.9. The molecule has 0 bridgehead atoms. The van der Waals surface area contributed by atoms with E-state index in [-0.39, 0.29) is 39.7 Å². The van der Waals surface area contributed by atoms with Crippen molar-refractivity contribution < 1.29 is 40.8 Å². The summed E-state index contributed by atoms with van der Waals surface area (Å²) in [5, 5.41) is 18.8. The van der Waals surface area contributed by atoms with Gasteiger partial charge in [0.25, 0.3) is 5.91 Å². The zero-order chi connectivity index (χ0) is 28.7. The van der Waals surface area contributed by atoms with E-state index in [0.717, 1.165) is 11.5 Å². The van der Waals surface area contributed by atoms with Gasteiger partial charge in [0, 0.05) is 23.5 Å². The van der Waals surface area contributed by atoms with Gasteiger partial charge in [0.1, 0.15) is 26.9 Å². The minimum absolute atomic E-state index is 0.0475. The van der Waals surface area contributed by atoms with Crippen molar-refractivity contribution in [3.05, 3.63) is 62.5 Å². The second kappa shape index (κ2) is 10.3. The number of nitrogens with two attached hydrogens (primary N) is 1. The van der Waals surface area contributed by atoms with E-state index in [9.17, 15) is 35.5 Å². The number of amides is 1. The molecule has 1 aliphatic rings. The Hall–Kier alpha value is -2.92. The van der Waals surface area contributed by atoms with Crippen LogP contribution in [0.1, 0.15) is 34.3 Å². The molecule has 6 nitrogen and oxygen atoms in total. The van der Waals surface area contributed by atoms with Gasteiger partial charge in [-0.1, -0.05) is 34.8 Å². The summed E-state index contributed by atoms with van der Waals surface area (Å²) >= 11 is 17.7. The second-order valence-corrected chi connectivity index (χ2v) is 9.32. The molecule has 2 aromatic rings. The molecule has 4 N–H and O–H groups in total. The van der Waals surface area contributed by atoms with Gasteiger partial charge in [0.15, 0.2) is 5.69 Å². The highest BCUT2D eigenvalue weighted by molar-refractivity contribution is 6.38. The maximum atomic E-state index is 14.4. The van der Waals surface area contributed by atoms with Crippen LogP contribution in [0.2, 0.25) is 15.2 Å². The molecule has 0 aliphatic heterocycles. The molecule has 1 aliphatic carbocycles. The summed E-state index contributed by atoms with van der Waals surface area (Å²) in [5.74, 6) is -0.692. The number of rotatable bonds is 7. The number of allylic oxidation sites excluding steroid dienone is 1. The van der Waals surface area contributed by atoms with Crippen molar-refractivity contribution in [3.8, 4) is 6.07 Å². The number of hydrogen-bond donors (Lipinski definition) is 3. The maximum absolute atomic E-state index is 14.4. The first kappa shape index (κ1) is 29.6. The molecule has 0 atom stereocenters.